The molecule has 0 bridgehead atoms. The van der Waals surface area contributed by atoms with E-state index in [1.165, 1.54) is 0 Å². The molecule has 0 aliphatic carbocycles. The zero-order valence-electron chi connectivity index (χ0n) is 7.23. The van der Waals surface area contributed by atoms with Gasteiger partial charge in [-0.25, -0.2) is 4.98 Å². The number of hydrogen-bond donors (Lipinski definition) is 0. The number of nitriles is 1. The van der Waals surface area contributed by atoms with Crippen molar-refractivity contribution in [2.24, 2.45) is 0 Å². The number of rotatable bonds is 4. The van der Waals surface area contributed by atoms with E-state index in [-0.39, 0.29) is 0 Å². The molecule has 1 heterocycles. The van der Waals surface area contributed by atoms with Gasteiger partial charge in [-0.3, -0.25) is 0 Å². The molecule has 0 saturated heterocycles. The predicted octanol–water partition coefficient (Wildman–Crippen LogP) is 1.66. The predicted molar refractivity (Wildman–Crippen MR) is 48.8 cm³/mol. The Hall–Kier alpha value is -1.66. The normalized spacial score (nSPS) is 9.15. The standard InChI is InChI=1S/C10H10N2O/c1-2-6-13-8-9-4-3-5-12-10(9)7-11/h2-5H,1,6,8H2. The van der Waals surface area contributed by atoms with Crippen LogP contribution < -0.4 is 0 Å². The van der Waals surface area contributed by atoms with Crippen LogP contribution in [-0.4, -0.2) is 11.6 Å². The van der Waals surface area contributed by atoms with Crippen molar-refractivity contribution in [3.05, 3.63) is 42.2 Å². The average molecular weight is 174 g/mol. The van der Waals surface area contributed by atoms with E-state index in [2.05, 4.69) is 11.6 Å². The molecule has 1 aromatic heterocycles. The zero-order chi connectivity index (χ0) is 9.52. The van der Waals surface area contributed by atoms with Crippen LogP contribution >= 0.6 is 0 Å². The van der Waals surface area contributed by atoms with Crippen LogP contribution in [0.15, 0.2) is 31.0 Å². The van der Waals surface area contributed by atoms with Crippen LogP contribution in [0.2, 0.25) is 0 Å². The van der Waals surface area contributed by atoms with Gasteiger partial charge in [-0.15, -0.1) is 6.58 Å². The highest BCUT2D eigenvalue weighted by Gasteiger charge is 2.00. The Bertz CT molecular complexity index is 328. The summed E-state index contributed by atoms with van der Waals surface area (Å²) < 4.78 is 5.20. The molecule has 0 saturated carbocycles. The SMILES string of the molecule is C=CCOCc1cccnc1C#N. The molecule has 3 nitrogen and oxygen atoms in total. The van der Waals surface area contributed by atoms with E-state index in [9.17, 15) is 0 Å². The van der Waals surface area contributed by atoms with Gasteiger partial charge in [-0.2, -0.15) is 5.26 Å². The molecule has 0 N–H and O–H groups in total. The molecule has 13 heavy (non-hydrogen) atoms. The lowest BCUT2D eigenvalue weighted by Gasteiger charge is -2.01. The maximum atomic E-state index is 8.69. The quantitative estimate of drug-likeness (QED) is 0.515. The van der Waals surface area contributed by atoms with Gasteiger partial charge in [0.05, 0.1) is 13.2 Å². The number of aromatic nitrogens is 1. The van der Waals surface area contributed by atoms with Gasteiger partial charge in [0, 0.05) is 11.8 Å². The van der Waals surface area contributed by atoms with Gasteiger partial charge >= 0.3 is 0 Å². The molecule has 66 valence electrons. The molecule has 0 aliphatic rings. The van der Waals surface area contributed by atoms with E-state index in [4.69, 9.17) is 10.00 Å². The van der Waals surface area contributed by atoms with E-state index >= 15 is 0 Å². The molecule has 0 atom stereocenters. The Kier molecular flexibility index (Phi) is 3.68. The summed E-state index contributed by atoms with van der Waals surface area (Å²) in [5, 5.41) is 8.69. The molecular formula is C10H10N2O. The zero-order valence-corrected chi connectivity index (χ0v) is 7.23. The molecule has 1 rings (SSSR count). The van der Waals surface area contributed by atoms with Crippen molar-refractivity contribution in [1.82, 2.24) is 4.98 Å². The van der Waals surface area contributed by atoms with E-state index in [0.29, 0.717) is 18.9 Å². The minimum Gasteiger partial charge on any atom is -0.373 e. The monoisotopic (exact) mass is 174 g/mol. The molecule has 0 spiro atoms. The molecule has 1 aromatic rings. The number of nitrogens with zero attached hydrogens (tertiary/aromatic N) is 2. The minimum atomic E-state index is 0.406. The van der Waals surface area contributed by atoms with Gasteiger partial charge in [-0.05, 0) is 6.07 Å². The third kappa shape index (κ3) is 2.69. The van der Waals surface area contributed by atoms with E-state index in [0.717, 1.165) is 5.56 Å². The Balaban J connectivity index is 2.65. The van der Waals surface area contributed by atoms with Crippen LogP contribution in [0.25, 0.3) is 0 Å². The van der Waals surface area contributed by atoms with Crippen LogP contribution in [-0.2, 0) is 11.3 Å². The third-order valence-electron chi connectivity index (χ3n) is 1.49. The topological polar surface area (TPSA) is 45.9 Å². The summed E-state index contributed by atoms with van der Waals surface area (Å²) in [6, 6.07) is 5.62. The van der Waals surface area contributed by atoms with Gasteiger partial charge < -0.3 is 4.74 Å². The molecule has 0 fully saturated rings. The highest BCUT2D eigenvalue weighted by Crippen LogP contribution is 2.05. The first-order valence-electron chi connectivity index (χ1n) is 3.91. The largest absolute Gasteiger partial charge is 0.373 e. The fourth-order valence-corrected chi connectivity index (χ4v) is 0.908. The van der Waals surface area contributed by atoms with Crippen molar-refractivity contribution >= 4 is 0 Å². The van der Waals surface area contributed by atoms with E-state index in [1.54, 1.807) is 18.3 Å². The Morgan fingerprint density at radius 3 is 3.23 bits per heavy atom. The van der Waals surface area contributed by atoms with E-state index in [1.807, 2.05) is 12.1 Å². The van der Waals surface area contributed by atoms with Gasteiger partial charge in [0.1, 0.15) is 11.8 Å². The summed E-state index contributed by atoms with van der Waals surface area (Å²) >= 11 is 0. The Morgan fingerprint density at radius 2 is 2.54 bits per heavy atom. The molecule has 3 heteroatoms. The maximum Gasteiger partial charge on any atom is 0.145 e. The summed E-state index contributed by atoms with van der Waals surface area (Å²) in [6.45, 7) is 4.42. The lowest BCUT2D eigenvalue weighted by atomic mass is 10.2. The Morgan fingerprint density at radius 1 is 1.69 bits per heavy atom. The Labute approximate surface area is 77.3 Å². The first-order chi connectivity index (χ1) is 6.38. The van der Waals surface area contributed by atoms with Gasteiger partial charge in [0.15, 0.2) is 0 Å². The fourth-order valence-electron chi connectivity index (χ4n) is 0.908. The van der Waals surface area contributed by atoms with Crippen LogP contribution in [0.5, 0.6) is 0 Å². The van der Waals surface area contributed by atoms with Crippen LogP contribution in [0.3, 0.4) is 0 Å². The van der Waals surface area contributed by atoms with Crippen molar-refractivity contribution in [3.8, 4) is 6.07 Å². The minimum absolute atomic E-state index is 0.406. The second-order valence-electron chi connectivity index (χ2n) is 2.43. The third-order valence-corrected chi connectivity index (χ3v) is 1.49. The molecule has 0 aromatic carbocycles. The first kappa shape index (κ1) is 9.43. The van der Waals surface area contributed by atoms with Crippen LogP contribution in [0, 0.1) is 11.3 Å². The second kappa shape index (κ2) is 5.07. The van der Waals surface area contributed by atoms with Crippen molar-refractivity contribution in [3.63, 3.8) is 0 Å². The molecule has 0 aliphatic heterocycles. The van der Waals surface area contributed by atoms with Crippen molar-refractivity contribution < 1.29 is 4.74 Å². The van der Waals surface area contributed by atoms with Crippen molar-refractivity contribution in [2.45, 2.75) is 6.61 Å². The van der Waals surface area contributed by atoms with Crippen LogP contribution in [0.4, 0.5) is 0 Å². The van der Waals surface area contributed by atoms with Crippen molar-refractivity contribution in [2.75, 3.05) is 6.61 Å². The average Bonchev–Trinajstić information content (AvgIpc) is 2.19. The lowest BCUT2D eigenvalue weighted by molar-refractivity contribution is 0.148. The molecule has 0 unspecified atom stereocenters. The molecular weight excluding hydrogens is 164 g/mol. The van der Waals surface area contributed by atoms with Crippen LogP contribution in [0.1, 0.15) is 11.3 Å². The summed E-state index contributed by atoms with van der Waals surface area (Å²) in [4.78, 5) is 3.91. The second-order valence-corrected chi connectivity index (χ2v) is 2.43. The van der Waals surface area contributed by atoms with E-state index < -0.39 is 0 Å². The smallest absolute Gasteiger partial charge is 0.145 e. The number of ether oxygens (including phenoxy) is 1. The fraction of sp³-hybridized carbons (Fsp3) is 0.200. The van der Waals surface area contributed by atoms with Gasteiger partial charge in [0.25, 0.3) is 0 Å². The lowest BCUT2D eigenvalue weighted by Crippen LogP contribution is -1.97. The molecule has 0 radical (unpaired) electrons. The van der Waals surface area contributed by atoms with Crippen molar-refractivity contribution in [1.29, 1.82) is 5.26 Å². The summed E-state index contributed by atoms with van der Waals surface area (Å²) in [6.07, 6.45) is 3.26. The highest BCUT2D eigenvalue weighted by molar-refractivity contribution is 5.29. The number of hydrogen-bond acceptors (Lipinski definition) is 3. The molecule has 0 amide bonds. The van der Waals surface area contributed by atoms with Gasteiger partial charge in [-0.1, -0.05) is 12.1 Å². The summed E-state index contributed by atoms with van der Waals surface area (Å²) in [5.41, 5.74) is 1.23. The van der Waals surface area contributed by atoms with Gasteiger partial charge in [0.2, 0.25) is 0 Å². The summed E-state index contributed by atoms with van der Waals surface area (Å²) in [7, 11) is 0. The summed E-state index contributed by atoms with van der Waals surface area (Å²) in [5.74, 6) is 0. The number of pyridine rings is 1. The first-order valence-corrected chi connectivity index (χ1v) is 3.91. The highest BCUT2D eigenvalue weighted by atomic mass is 16.5. The maximum absolute atomic E-state index is 8.69.